The number of methoxy groups -OCH3 is 2. The summed E-state index contributed by atoms with van der Waals surface area (Å²) in [5.41, 5.74) is 1.65. The number of hydrogen-bond donors (Lipinski definition) is 0. The molecular formula is C14H12ClN3O3. The minimum absolute atomic E-state index is 0.00611. The van der Waals surface area contributed by atoms with Crippen molar-refractivity contribution in [1.29, 1.82) is 0 Å². The fraction of sp³-hybridized carbons (Fsp3) is 0.286. The molecule has 2 aromatic rings. The highest BCUT2D eigenvalue weighted by Gasteiger charge is 2.36. The first-order valence-electron chi connectivity index (χ1n) is 6.28. The van der Waals surface area contributed by atoms with Crippen LogP contribution < -0.4 is 9.47 Å². The van der Waals surface area contributed by atoms with Crippen LogP contribution in [0.15, 0.2) is 18.2 Å². The molecule has 0 bridgehead atoms. The monoisotopic (exact) mass is 305 g/mol. The van der Waals surface area contributed by atoms with E-state index in [4.69, 9.17) is 21.1 Å². The van der Waals surface area contributed by atoms with E-state index in [0.717, 1.165) is 11.1 Å². The molecule has 0 spiro atoms. The van der Waals surface area contributed by atoms with Crippen LogP contribution in [0.4, 0.5) is 0 Å². The Bertz CT molecular complexity index is 698. The van der Waals surface area contributed by atoms with Gasteiger partial charge in [-0.05, 0) is 17.2 Å². The van der Waals surface area contributed by atoms with Crippen molar-refractivity contribution in [3.8, 4) is 12.0 Å². The molecule has 6 nitrogen and oxygen atoms in total. The summed E-state index contributed by atoms with van der Waals surface area (Å²) in [4.78, 5) is 24.6. The van der Waals surface area contributed by atoms with Gasteiger partial charge >= 0.3 is 12.0 Å². The first-order valence-corrected chi connectivity index (χ1v) is 6.65. The molecule has 0 N–H and O–H groups in total. The minimum atomic E-state index is -0.565. The molecule has 108 valence electrons. The van der Waals surface area contributed by atoms with Gasteiger partial charge in [0.2, 0.25) is 0 Å². The second-order valence-electron chi connectivity index (χ2n) is 4.55. The molecule has 21 heavy (non-hydrogen) atoms. The molecule has 1 unspecified atom stereocenters. The Morgan fingerprint density at radius 1 is 1.14 bits per heavy atom. The maximum atomic E-state index is 12.3. The summed E-state index contributed by atoms with van der Waals surface area (Å²) in [6, 6.07) is 5.66. The summed E-state index contributed by atoms with van der Waals surface area (Å²) in [6.45, 7) is 0. The van der Waals surface area contributed by atoms with Gasteiger partial charge in [-0.15, -0.1) is 4.98 Å². The van der Waals surface area contributed by atoms with E-state index >= 15 is 0 Å². The lowest BCUT2D eigenvalue weighted by Crippen LogP contribution is -2.14. The van der Waals surface area contributed by atoms with Gasteiger partial charge in [0.1, 0.15) is 5.92 Å². The second-order valence-corrected chi connectivity index (χ2v) is 4.96. The molecule has 1 heterocycles. The number of carbonyl (C=O) groups excluding carboxylic acids is 1. The topological polar surface area (TPSA) is 74.2 Å². The Morgan fingerprint density at radius 2 is 1.81 bits per heavy atom. The lowest BCUT2D eigenvalue weighted by molar-refractivity contribution is -0.118. The second kappa shape index (κ2) is 5.29. The Labute approximate surface area is 126 Å². The maximum Gasteiger partial charge on any atom is 0.322 e. The molecule has 7 heteroatoms. The highest BCUT2D eigenvalue weighted by atomic mass is 35.5. The number of carbonyl (C=O) groups is 1. The van der Waals surface area contributed by atoms with Gasteiger partial charge in [-0.1, -0.05) is 23.7 Å². The minimum Gasteiger partial charge on any atom is -0.467 e. The van der Waals surface area contributed by atoms with Crippen molar-refractivity contribution in [2.75, 3.05) is 14.2 Å². The first-order chi connectivity index (χ1) is 10.1. The maximum absolute atomic E-state index is 12.3. The number of aromatic nitrogens is 3. The van der Waals surface area contributed by atoms with E-state index in [2.05, 4.69) is 15.0 Å². The Morgan fingerprint density at radius 3 is 2.43 bits per heavy atom. The molecule has 0 fully saturated rings. The van der Waals surface area contributed by atoms with Crippen LogP contribution in [0.3, 0.4) is 0 Å². The van der Waals surface area contributed by atoms with Gasteiger partial charge in [-0.3, -0.25) is 4.79 Å². The standard InChI is InChI=1S/C14H12ClN3O3/c1-20-13-16-12(17-14(18-13)21-2)11-7-4-3-5-9(15)8(7)6-10(11)19/h3-5,11H,6H2,1-2H3. The van der Waals surface area contributed by atoms with E-state index in [-0.39, 0.29) is 24.2 Å². The van der Waals surface area contributed by atoms with Crippen molar-refractivity contribution < 1.29 is 14.3 Å². The number of benzene rings is 1. The number of Topliss-reactive ketones (excluding diaryl/α,β-unsaturated/α-hetero) is 1. The van der Waals surface area contributed by atoms with E-state index in [1.165, 1.54) is 14.2 Å². The average Bonchev–Trinajstić information content (AvgIpc) is 2.84. The number of hydrogen-bond acceptors (Lipinski definition) is 6. The zero-order chi connectivity index (χ0) is 15.0. The normalized spacial score (nSPS) is 16.7. The number of ketones is 1. The molecule has 0 saturated heterocycles. The molecule has 0 amide bonds. The van der Waals surface area contributed by atoms with Crippen LogP contribution in [0.1, 0.15) is 22.9 Å². The first kappa shape index (κ1) is 13.8. The zero-order valence-electron chi connectivity index (χ0n) is 11.5. The highest BCUT2D eigenvalue weighted by Crippen LogP contribution is 2.38. The Kier molecular flexibility index (Phi) is 3.47. The van der Waals surface area contributed by atoms with Gasteiger partial charge in [0.15, 0.2) is 11.6 Å². The Hall–Kier alpha value is -2.21. The lowest BCUT2D eigenvalue weighted by atomic mass is 10.00. The molecule has 1 aromatic heterocycles. The lowest BCUT2D eigenvalue weighted by Gasteiger charge is -2.11. The van der Waals surface area contributed by atoms with Gasteiger partial charge < -0.3 is 9.47 Å². The number of halogens is 1. The summed E-state index contributed by atoms with van der Waals surface area (Å²) in [5, 5.41) is 0.580. The highest BCUT2D eigenvalue weighted by molar-refractivity contribution is 6.32. The fourth-order valence-electron chi connectivity index (χ4n) is 2.43. The molecule has 0 radical (unpaired) electrons. The summed E-state index contributed by atoms with van der Waals surface area (Å²) < 4.78 is 10.0. The van der Waals surface area contributed by atoms with Crippen molar-refractivity contribution in [2.24, 2.45) is 0 Å². The van der Waals surface area contributed by atoms with Crippen molar-refractivity contribution in [2.45, 2.75) is 12.3 Å². The predicted molar refractivity (Wildman–Crippen MR) is 74.9 cm³/mol. The molecule has 1 aromatic carbocycles. The third kappa shape index (κ3) is 2.31. The molecule has 1 atom stereocenters. The predicted octanol–water partition coefficient (Wildman–Crippen LogP) is 1.80. The molecule has 3 rings (SSSR count). The van der Waals surface area contributed by atoms with Crippen molar-refractivity contribution in [3.63, 3.8) is 0 Å². The van der Waals surface area contributed by atoms with E-state index < -0.39 is 5.92 Å². The number of nitrogens with zero attached hydrogens (tertiary/aromatic N) is 3. The van der Waals surface area contributed by atoms with E-state index in [1.54, 1.807) is 6.07 Å². The van der Waals surface area contributed by atoms with Gasteiger partial charge in [-0.2, -0.15) is 9.97 Å². The quantitative estimate of drug-likeness (QED) is 0.861. The van der Waals surface area contributed by atoms with Gasteiger partial charge in [0.05, 0.1) is 14.2 Å². The van der Waals surface area contributed by atoms with E-state index in [1.807, 2.05) is 12.1 Å². The SMILES string of the molecule is COc1nc(OC)nc(C2C(=O)Cc3c(Cl)cccc32)n1. The van der Waals surface area contributed by atoms with Crippen molar-refractivity contribution >= 4 is 17.4 Å². The van der Waals surface area contributed by atoms with Crippen LogP contribution in [0.25, 0.3) is 0 Å². The van der Waals surface area contributed by atoms with Crippen molar-refractivity contribution in [3.05, 3.63) is 40.2 Å². The Balaban J connectivity index is 2.13. The van der Waals surface area contributed by atoms with Gasteiger partial charge in [0.25, 0.3) is 0 Å². The average molecular weight is 306 g/mol. The molecule has 1 aliphatic carbocycles. The van der Waals surface area contributed by atoms with Gasteiger partial charge in [-0.25, -0.2) is 0 Å². The summed E-state index contributed by atoms with van der Waals surface area (Å²) in [7, 11) is 2.89. The largest absolute Gasteiger partial charge is 0.467 e. The number of fused-ring (bicyclic) bond motifs is 1. The van der Waals surface area contributed by atoms with Crippen LogP contribution in [0.2, 0.25) is 5.02 Å². The smallest absolute Gasteiger partial charge is 0.322 e. The fourth-order valence-corrected chi connectivity index (χ4v) is 2.68. The van der Waals surface area contributed by atoms with Gasteiger partial charge in [0, 0.05) is 11.4 Å². The third-order valence-corrected chi connectivity index (χ3v) is 3.73. The number of rotatable bonds is 3. The summed E-state index contributed by atoms with van der Waals surface area (Å²) in [5.74, 6) is -0.261. The van der Waals surface area contributed by atoms with E-state index in [0.29, 0.717) is 10.8 Å². The molecular weight excluding hydrogens is 294 g/mol. The van der Waals surface area contributed by atoms with Crippen LogP contribution in [-0.4, -0.2) is 35.0 Å². The molecule has 1 aliphatic rings. The molecule has 0 aliphatic heterocycles. The summed E-state index contributed by atoms with van der Waals surface area (Å²) in [6.07, 6.45) is 0.274. The van der Waals surface area contributed by atoms with E-state index in [9.17, 15) is 4.79 Å². The van der Waals surface area contributed by atoms with Crippen LogP contribution >= 0.6 is 11.6 Å². The number of ether oxygens (including phenoxy) is 2. The van der Waals surface area contributed by atoms with Crippen LogP contribution in [0.5, 0.6) is 12.0 Å². The third-order valence-electron chi connectivity index (χ3n) is 3.37. The molecule has 0 saturated carbocycles. The zero-order valence-corrected chi connectivity index (χ0v) is 12.2. The van der Waals surface area contributed by atoms with Crippen LogP contribution in [-0.2, 0) is 11.2 Å². The summed E-state index contributed by atoms with van der Waals surface area (Å²) >= 11 is 6.15. The van der Waals surface area contributed by atoms with Crippen molar-refractivity contribution in [1.82, 2.24) is 15.0 Å². The van der Waals surface area contributed by atoms with Crippen LogP contribution in [0, 0.1) is 0 Å².